The van der Waals surface area contributed by atoms with Gasteiger partial charge in [-0.3, -0.25) is 0 Å². The SMILES string of the molecule is Fc1cccc(COCC2CCNCC2)c1. The van der Waals surface area contributed by atoms with Gasteiger partial charge in [0.25, 0.3) is 0 Å². The molecular formula is C13H18FNO. The van der Waals surface area contributed by atoms with Crippen LogP contribution in [0.3, 0.4) is 0 Å². The molecule has 0 atom stereocenters. The summed E-state index contributed by atoms with van der Waals surface area (Å²) in [5, 5.41) is 3.33. The van der Waals surface area contributed by atoms with Gasteiger partial charge in [-0.1, -0.05) is 12.1 Å². The van der Waals surface area contributed by atoms with E-state index in [1.54, 1.807) is 6.07 Å². The van der Waals surface area contributed by atoms with Gasteiger partial charge in [-0.2, -0.15) is 0 Å². The van der Waals surface area contributed by atoms with E-state index in [-0.39, 0.29) is 5.82 Å². The Morgan fingerprint density at radius 1 is 1.31 bits per heavy atom. The maximum atomic E-state index is 12.9. The van der Waals surface area contributed by atoms with E-state index in [1.807, 2.05) is 6.07 Å². The Morgan fingerprint density at radius 2 is 2.12 bits per heavy atom. The van der Waals surface area contributed by atoms with Gasteiger partial charge in [0.15, 0.2) is 0 Å². The molecule has 88 valence electrons. The molecule has 1 aromatic rings. The van der Waals surface area contributed by atoms with Crippen molar-refractivity contribution in [3.63, 3.8) is 0 Å². The van der Waals surface area contributed by atoms with E-state index >= 15 is 0 Å². The Bertz CT molecular complexity index is 323. The maximum Gasteiger partial charge on any atom is 0.123 e. The summed E-state index contributed by atoms with van der Waals surface area (Å²) < 4.78 is 18.5. The number of halogens is 1. The third-order valence-corrected chi connectivity index (χ3v) is 2.97. The van der Waals surface area contributed by atoms with Crippen molar-refractivity contribution in [3.8, 4) is 0 Å². The van der Waals surface area contributed by atoms with Gasteiger partial charge < -0.3 is 10.1 Å². The number of ether oxygens (including phenoxy) is 1. The minimum atomic E-state index is -0.192. The van der Waals surface area contributed by atoms with Gasteiger partial charge in [0.05, 0.1) is 6.61 Å². The zero-order chi connectivity index (χ0) is 11.2. The number of benzene rings is 1. The van der Waals surface area contributed by atoms with E-state index in [9.17, 15) is 4.39 Å². The van der Waals surface area contributed by atoms with Gasteiger partial charge in [-0.15, -0.1) is 0 Å². The Labute approximate surface area is 95.8 Å². The Kier molecular flexibility index (Phi) is 4.31. The zero-order valence-electron chi connectivity index (χ0n) is 9.42. The molecule has 3 heteroatoms. The molecule has 2 nitrogen and oxygen atoms in total. The number of piperidine rings is 1. The van der Waals surface area contributed by atoms with Crippen LogP contribution in [0.4, 0.5) is 4.39 Å². The van der Waals surface area contributed by atoms with Crippen LogP contribution in [0.1, 0.15) is 18.4 Å². The van der Waals surface area contributed by atoms with Crippen molar-refractivity contribution in [2.45, 2.75) is 19.4 Å². The summed E-state index contributed by atoms with van der Waals surface area (Å²) in [6.07, 6.45) is 2.37. The van der Waals surface area contributed by atoms with Crippen LogP contribution < -0.4 is 5.32 Å². The van der Waals surface area contributed by atoms with Crippen LogP contribution in [0.25, 0.3) is 0 Å². The highest BCUT2D eigenvalue weighted by molar-refractivity contribution is 5.15. The van der Waals surface area contributed by atoms with Crippen molar-refractivity contribution in [1.82, 2.24) is 5.32 Å². The molecule has 1 aromatic carbocycles. The van der Waals surface area contributed by atoms with Crippen molar-refractivity contribution in [2.75, 3.05) is 19.7 Å². The first-order chi connectivity index (χ1) is 7.84. The zero-order valence-corrected chi connectivity index (χ0v) is 9.42. The molecule has 0 amide bonds. The minimum Gasteiger partial charge on any atom is -0.376 e. The van der Waals surface area contributed by atoms with Crippen LogP contribution in [0.15, 0.2) is 24.3 Å². The lowest BCUT2D eigenvalue weighted by atomic mass is 9.99. The van der Waals surface area contributed by atoms with E-state index in [1.165, 1.54) is 25.0 Å². The summed E-state index contributed by atoms with van der Waals surface area (Å²) in [4.78, 5) is 0. The molecule has 1 fully saturated rings. The molecular weight excluding hydrogens is 205 g/mol. The quantitative estimate of drug-likeness (QED) is 0.846. The highest BCUT2D eigenvalue weighted by Crippen LogP contribution is 2.13. The highest BCUT2D eigenvalue weighted by atomic mass is 19.1. The summed E-state index contributed by atoms with van der Waals surface area (Å²) in [6, 6.07) is 6.60. The Hall–Kier alpha value is -0.930. The van der Waals surface area contributed by atoms with Gasteiger partial charge in [0.1, 0.15) is 5.82 Å². The van der Waals surface area contributed by atoms with Crippen LogP contribution in [0.5, 0.6) is 0 Å². The smallest absolute Gasteiger partial charge is 0.123 e. The van der Waals surface area contributed by atoms with Gasteiger partial charge >= 0.3 is 0 Å². The predicted octanol–water partition coefficient (Wildman–Crippen LogP) is 2.34. The second kappa shape index (κ2) is 5.97. The highest BCUT2D eigenvalue weighted by Gasteiger charge is 2.12. The number of rotatable bonds is 4. The van der Waals surface area contributed by atoms with Gasteiger partial charge in [-0.05, 0) is 49.5 Å². The molecule has 1 aliphatic heterocycles. The fourth-order valence-corrected chi connectivity index (χ4v) is 2.02. The molecule has 0 unspecified atom stereocenters. The first kappa shape index (κ1) is 11.6. The number of nitrogens with one attached hydrogen (secondary N) is 1. The van der Waals surface area contributed by atoms with Gasteiger partial charge in [0.2, 0.25) is 0 Å². The summed E-state index contributed by atoms with van der Waals surface area (Å²) in [5.41, 5.74) is 0.911. The van der Waals surface area contributed by atoms with E-state index in [0.717, 1.165) is 25.3 Å². The molecule has 1 heterocycles. The molecule has 0 bridgehead atoms. The average Bonchev–Trinajstić information content (AvgIpc) is 2.30. The largest absolute Gasteiger partial charge is 0.376 e. The first-order valence-corrected chi connectivity index (χ1v) is 5.87. The van der Waals surface area contributed by atoms with E-state index in [2.05, 4.69) is 5.32 Å². The summed E-state index contributed by atoms with van der Waals surface area (Å²) in [6.45, 7) is 3.49. The molecule has 1 aliphatic rings. The molecule has 0 spiro atoms. The lowest BCUT2D eigenvalue weighted by Gasteiger charge is -2.22. The third kappa shape index (κ3) is 3.58. The van der Waals surface area contributed by atoms with Crippen molar-refractivity contribution >= 4 is 0 Å². The lowest BCUT2D eigenvalue weighted by Crippen LogP contribution is -2.29. The van der Waals surface area contributed by atoms with Crippen LogP contribution in [0.2, 0.25) is 0 Å². The number of hydrogen-bond donors (Lipinski definition) is 1. The predicted molar refractivity (Wildman–Crippen MR) is 61.6 cm³/mol. The Morgan fingerprint density at radius 3 is 2.88 bits per heavy atom. The maximum absolute atomic E-state index is 12.9. The second-order valence-corrected chi connectivity index (χ2v) is 4.34. The van der Waals surface area contributed by atoms with Crippen LogP contribution in [0, 0.1) is 11.7 Å². The normalized spacial score (nSPS) is 17.6. The van der Waals surface area contributed by atoms with E-state index < -0.39 is 0 Å². The fourth-order valence-electron chi connectivity index (χ4n) is 2.02. The third-order valence-electron chi connectivity index (χ3n) is 2.97. The topological polar surface area (TPSA) is 21.3 Å². The van der Waals surface area contributed by atoms with Gasteiger partial charge in [-0.25, -0.2) is 4.39 Å². The molecule has 16 heavy (non-hydrogen) atoms. The average molecular weight is 223 g/mol. The molecule has 0 radical (unpaired) electrons. The molecule has 0 saturated carbocycles. The molecule has 0 aromatic heterocycles. The monoisotopic (exact) mass is 223 g/mol. The summed E-state index contributed by atoms with van der Waals surface area (Å²) in [5.74, 6) is 0.470. The van der Waals surface area contributed by atoms with Crippen LogP contribution >= 0.6 is 0 Å². The van der Waals surface area contributed by atoms with Crippen molar-refractivity contribution in [2.24, 2.45) is 5.92 Å². The second-order valence-electron chi connectivity index (χ2n) is 4.34. The molecule has 2 rings (SSSR count). The molecule has 1 saturated heterocycles. The summed E-state index contributed by atoms with van der Waals surface area (Å²) in [7, 11) is 0. The molecule has 1 N–H and O–H groups in total. The summed E-state index contributed by atoms with van der Waals surface area (Å²) >= 11 is 0. The van der Waals surface area contributed by atoms with Gasteiger partial charge in [0, 0.05) is 6.61 Å². The molecule has 0 aliphatic carbocycles. The van der Waals surface area contributed by atoms with Crippen LogP contribution in [-0.2, 0) is 11.3 Å². The lowest BCUT2D eigenvalue weighted by molar-refractivity contribution is 0.0762. The number of hydrogen-bond acceptors (Lipinski definition) is 2. The van der Waals surface area contributed by atoms with E-state index in [4.69, 9.17) is 4.74 Å². The van der Waals surface area contributed by atoms with Crippen molar-refractivity contribution in [3.05, 3.63) is 35.6 Å². The Balaban J connectivity index is 1.71. The first-order valence-electron chi connectivity index (χ1n) is 5.87. The van der Waals surface area contributed by atoms with Crippen molar-refractivity contribution < 1.29 is 9.13 Å². The van der Waals surface area contributed by atoms with Crippen molar-refractivity contribution in [1.29, 1.82) is 0 Å². The standard InChI is InChI=1S/C13H18FNO/c14-13-3-1-2-12(8-13)10-16-9-11-4-6-15-7-5-11/h1-3,8,11,15H,4-7,9-10H2. The minimum absolute atomic E-state index is 0.192. The fraction of sp³-hybridized carbons (Fsp3) is 0.538. The van der Waals surface area contributed by atoms with Crippen LogP contribution in [-0.4, -0.2) is 19.7 Å². The van der Waals surface area contributed by atoms with E-state index in [0.29, 0.717) is 12.5 Å².